The average molecular weight is 420 g/mol. The van der Waals surface area contributed by atoms with E-state index in [9.17, 15) is 4.79 Å². The summed E-state index contributed by atoms with van der Waals surface area (Å²) in [7, 11) is 0. The number of carbonyl (C=O) groups is 1. The highest BCUT2D eigenvalue weighted by atomic mass is 32.1. The lowest BCUT2D eigenvalue weighted by Crippen LogP contribution is -2.43. The number of morpholine rings is 1. The Morgan fingerprint density at radius 1 is 1.17 bits per heavy atom. The number of hydrogen-bond acceptors (Lipinski definition) is 9. The number of carboxylic acid groups (broad SMARTS) is 1. The molecule has 2 saturated heterocycles. The summed E-state index contributed by atoms with van der Waals surface area (Å²) in [5.41, 5.74) is 3.79. The number of rotatable bonds is 2. The van der Waals surface area contributed by atoms with Gasteiger partial charge >= 0.3 is 0 Å². The van der Waals surface area contributed by atoms with E-state index >= 15 is 0 Å². The quantitative estimate of drug-likeness (QED) is 0.674. The molecule has 0 bridgehead atoms. The monoisotopic (exact) mass is 420 g/mol. The minimum atomic E-state index is -0.250. The van der Waals surface area contributed by atoms with Crippen molar-refractivity contribution in [2.45, 2.75) is 31.1 Å². The van der Waals surface area contributed by atoms with Crippen LogP contribution < -0.4 is 15.4 Å². The lowest BCUT2D eigenvalue weighted by atomic mass is 9.76. The molecule has 1 spiro atoms. The van der Waals surface area contributed by atoms with E-state index in [2.05, 4.69) is 25.0 Å². The van der Waals surface area contributed by atoms with Gasteiger partial charge in [-0.3, -0.25) is 14.6 Å². The number of H-pyrrole nitrogens is 1. The summed E-state index contributed by atoms with van der Waals surface area (Å²) >= 11 is 1.58. The van der Waals surface area contributed by atoms with Crippen molar-refractivity contribution in [1.29, 1.82) is 0 Å². The van der Waals surface area contributed by atoms with E-state index in [0.29, 0.717) is 19.2 Å². The lowest BCUT2D eigenvalue weighted by Gasteiger charge is -2.39. The molecule has 2 aromatic rings. The number of nitrogens with zero attached hydrogens (tertiary/aromatic N) is 5. The number of piperidine rings is 1. The first-order chi connectivity index (χ1) is 14.2. The third-order valence-electron chi connectivity index (χ3n) is 6.01. The second-order valence-electron chi connectivity index (χ2n) is 7.41. The summed E-state index contributed by atoms with van der Waals surface area (Å²) < 4.78 is 5.42. The van der Waals surface area contributed by atoms with Crippen LogP contribution in [-0.2, 0) is 21.4 Å². The third-order valence-corrected chi connectivity index (χ3v) is 6.76. The maximum Gasteiger partial charge on any atom is 0.290 e. The maximum absolute atomic E-state index is 12.7. The highest BCUT2D eigenvalue weighted by Crippen LogP contribution is 2.45. The van der Waals surface area contributed by atoms with Gasteiger partial charge in [-0.1, -0.05) is 11.3 Å². The fraction of sp³-hybridized carbons (Fsp3) is 0.611. The van der Waals surface area contributed by atoms with E-state index in [0.717, 1.165) is 68.3 Å². The summed E-state index contributed by atoms with van der Waals surface area (Å²) in [4.78, 5) is 33.4. The van der Waals surface area contributed by atoms with Crippen molar-refractivity contribution in [1.82, 2.24) is 20.2 Å². The van der Waals surface area contributed by atoms with Crippen LogP contribution in [0.2, 0.25) is 0 Å². The van der Waals surface area contributed by atoms with Crippen LogP contribution in [0.3, 0.4) is 0 Å². The zero-order valence-electron chi connectivity index (χ0n) is 16.0. The topological polar surface area (TPSA) is 125 Å². The molecule has 1 aliphatic carbocycles. The molecule has 29 heavy (non-hydrogen) atoms. The molecule has 3 aliphatic rings. The van der Waals surface area contributed by atoms with E-state index in [1.54, 1.807) is 16.8 Å². The van der Waals surface area contributed by atoms with Crippen molar-refractivity contribution in [2.24, 2.45) is 0 Å². The third kappa shape index (κ3) is 3.84. The molecule has 2 fully saturated rings. The second-order valence-corrected chi connectivity index (χ2v) is 8.22. The van der Waals surface area contributed by atoms with Gasteiger partial charge in [0.05, 0.1) is 18.9 Å². The van der Waals surface area contributed by atoms with Crippen LogP contribution in [0.1, 0.15) is 30.5 Å². The van der Waals surface area contributed by atoms with Crippen LogP contribution >= 0.6 is 11.3 Å². The molecule has 4 heterocycles. The van der Waals surface area contributed by atoms with E-state index in [1.165, 1.54) is 0 Å². The Kier molecular flexibility index (Phi) is 5.76. The summed E-state index contributed by atoms with van der Waals surface area (Å²) in [6.45, 7) is 4.55. The molecule has 0 amide bonds. The van der Waals surface area contributed by atoms with Gasteiger partial charge in [-0.15, -0.1) is 10.2 Å². The lowest BCUT2D eigenvalue weighted by molar-refractivity contribution is -0.122. The Labute approximate surface area is 171 Å². The van der Waals surface area contributed by atoms with Crippen LogP contribution in [0.25, 0.3) is 0 Å². The van der Waals surface area contributed by atoms with Gasteiger partial charge in [-0.25, -0.2) is 4.98 Å². The molecule has 0 atom stereocenters. The summed E-state index contributed by atoms with van der Waals surface area (Å²) in [6.07, 6.45) is 3.88. The van der Waals surface area contributed by atoms with Gasteiger partial charge in [0, 0.05) is 37.2 Å². The Morgan fingerprint density at radius 2 is 1.90 bits per heavy atom. The van der Waals surface area contributed by atoms with Crippen molar-refractivity contribution in [2.75, 3.05) is 49.2 Å². The Bertz CT molecular complexity index is 888. The molecule has 2 N–H and O–H groups in total. The van der Waals surface area contributed by atoms with E-state index in [4.69, 9.17) is 19.6 Å². The van der Waals surface area contributed by atoms with Crippen LogP contribution in [-0.4, -0.2) is 71.1 Å². The van der Waals surface area contributed by atoms with Crippen molar-refractivity contribution >= 4 is 28.9 Å². The van der Waals surface area contributed by atoms with Crippen LogP contribution in [0, 0.1) is 0 Å². The number of aromatic nitrogens is 4. The zero-order valence-corrected chi connectivity index (χ0v) is 16.9. The molecular formula is C18H24N6O4S. The number of fused-ring (bicyclic) bond motifs is 2. The van der Waals surface area contributed by atoms with Crippen LogP contribution in [0.15, 0.2) is 10.3 Å². The molecule has 0 unspecified atom stereocenters. The molecule has 5 rings (SSSR count). The molecule has 11 heteroatoms. The van der Waals surface area contributed by atoms with Crippen molar-refractivity contribution < 1.29 is 14.6 Å². The largest absolute Gasteiger partial charge is 0.483 e. The van der Waals surface area contributed by atoms with Crippen molar-refractivity contribution in [3.05, 3.63) is 27.1 Å². The minimum absolute atomic E-state index is 0.0335. The number of anilines is 2. The first-order valence-electron chi connectivity index (χ1n) is 9.72. The predicted octanol–water partition coefficient (Wildman–Crippen LogP) is 0.643. The summed E-state index contributed by atoms with van der Waals surface area (Å²) in [5, 5.41) is 16.0. The fourth-order valence-electron chi connectivity index (χ4n) is 4.48. The number of hydrogen-bond donors (Lipinski definition) is 2. The predicted molar refractivity (Wildman–Crippen MR) is 108 cm³/mol. The summed E-state index contributed by atoms with van der Waals surface area (Å²) in [5.74, 6) is 0.713. The minimum Gasteiger partial charge on any atom is -0.483 e. The van der Waals surface area contributed by atoms with Crippen molar-refractivity contribution in [3.8, 4) is 0 Å². The molecule has 10 nitrogen and oxygen atoms in total. The smallest absolute Gasteiger partial charge is 0.290 e. The van der Waals surface area contributed by atoms with Crippen LogP contribution in [0.4, 0.5) is 11.1 Å². The van der Waals surface area contributed by atoms with Gasteiger partial charge in [-0.2, -0.15) is 0 Å². The van der Waals surface area contributed by atoms with Crippen LogP contribution in [0.5, 0.6) is 0 Å². The molecule has 156 valence electrons. The second kappa shape index (κ2) is 8.46. The standard InChI is InChI=1S/C17H22N6O2S.CH2O2/c24-14-12-1-2-17(3-5-23(6-4-17)16-21-18-11-26-16)13(12)19-15(20-14)22-7-9-25-10-8-22;2-1-3/h11H,1-10H2,(H,19,20,24);1H,(H,2,3). The Balaban J connectivity index is 0.000000645. The first kappa shape index (κ1) is 19.8. The number of aromatic amines is 1. The van der Waals surface area contributed by atoms with Gasteiger partial charge in [0.2, 0.25) is 11.1 Å². The zero-order chi connectivity index (χ0) is 20.3. The van der Waals surface area contributed by atoms with Crippen molar-refractivity contribution in [3.63, 3.8) is 0 Å². The fourth-order valence-corrected chi connectivity index (χ4v) is 5.10. The molecule has 0 radical (unpaired) electrons. The highest BCUT2D eigenvalue weighted by Gasteiger charge is 2.44. The van der Waals surface area contributed by atoms with Gasteiger partial charge in [0.1, 0.15) is 5.51 Å². The number of ether oxygens (including phenoxy) is 1. The van der Waals surface area contributed by atoms with Gasteiger partial charge < -0.3 is 19.6 Å². The average Bonchev–Trinajstić information content (AvgIpc) is 3.40. The van der Waals surface area contributed by atoms with Gasteiger partial charge in [-0.05, 0) is 25.7 Å². The van der Waals surface area contributed by atoms with Gasteiger partial charge in [0.25, 0.3) is 12.0 Å². The SMILES string of the molecule is O=CO.O=c1[nH]c(N2CCOCC2)nc2c1CCC21CCN(c2nncs2)CC1. The Hall–Kier alpha value is -2.53. The van der Waals surface area contributed by atoms with E-state index < -0.39 is 0 Å². The molecule has 2 aromatic heterocycles. The highest BCUT2D eigenvalue weighted by molar-refractivity contribution is 7.13. The Morgan fingerprint density at radius 3 is 2.55 bits per heavy atom. The molecule has 0 saturated carbocycles. The molecule has 0 aromatic carbocycles. The number of nitrogens with one attached hydrogen (secondary N) is 1. The summed E-state index contributed by atoms with van der Waals surface area (Å²) in [6, 6.07) is 0. The van der Waals surface area contributed by atoms with E-state index in [1.807, 2.05) is 0 Å². The maximum atomic E-state index is 12.7. The normalized spacial score (nSPS) is 20.1. The first-order valence-corrected chi connectivity index (χ1v) is 10.6. The molecule has 2 aliphatic heterocycles. The molecular weight excluding hydrogens is 396 g/mol. The van der Waals surface area contributed by atoms with E-state index in [-0.39, 0.29) is 17.4 Å². The van der Waals surface area contributed by atoms with Gasteiger partial charge in [0.15, 0.2) is 0 Å².